The van der Waals surface area contributed by atoms with E-state index in [4.69, 9.17) is 18.9 Å². The van der Waals surface area contributed by atoms with Crippen LogP contribution in [0.5, 0.6) is 5.75 Å². The number of ether oxygens (including phenoxy) is 4. The number of nitrogens with one attached hydrogen (secondary N) is 2. The third kappa shape index (κ3) is 4.80. The summed E-state index contributed by atoms with van der Waals surface area (Å²) in [5.41, 5.74) is -0.527. The molecule has 0 saturated carbocycles. The van der Waals surface area contributed by atoms with Gasteiger partial charge in [0.05, 0.1) is 36.9 Å². The number of aryl methyl sites for hydroxylation is 2. The lowest BCUT2D eigenvalue weighted by Gasteiger charge is -2.30. The molecule has 43 heavy (non-hydrogen) atoms. The first-order chi connectivity index (χ1) is 20.6. The van der Waals surface area contributed by atoms with Crippen LogP contribution < -0.4 is 21.2 Å². The van der Waals surface area contributed by atoms with Gasteiger partial charge in [0, 0.05) is 5.69 Å². The average molecular weight is 588 g/mol. The van der Waals surface area contributed by atoms with Crippen LogP contribution >= 0.6 is 0 Å². The molecule has 5 rings (SSSR count). The van der Waals surface area contributed by atoms with Crippen molar-refractivity contribution in [2.24, 2.45) is 0 Å². The van der Waals surface area contributed by atoms with E-state index in [1.165, 1.54) is 0 Å². The Bertz CT molecular complexity index is 1950. The van der Waals surface area contributed by atoms with E-state index in [2.05, 4.69) is 10.3 Å². The highest BCUT2D eigenvalue weighted by Crippen LogP contribution is 2.43. The largest absolute Gasteiger partial charge is 0.465 e. The molecule has 3 heterocycles. The number of rotatable bonds is 7. The minimum atomic E-state index is -1.69. The molecule has 0 spiro atoms. The summed E-state index contributed by atoms with van der Waals surface area (Å²) in [6.45, 7) is 6.67. The van der Waals surface area contributed by atoms with Gasteiger partial charge >= 0.3 is 17.9 Å². The first kappa shape index (κ1) is 29.1. The van der Waals surface area contributed by atoms with Gasteiger partial charge in [-0.25, -0.2) is 9.59 Å². The third-order valence-corrected chi connectivity index (χ3v) is 7.13. The minimum Gasteiger partial charge on any atom is -0.465 e. The molecular weight excluding hydrogens is 558 g/mol. The monoisotopic (exact) mass is 587 g/mol. The summed E-state index contributed by atoms with van der Waals surface area (Å²) in [5, 5.41) is 3.07. The number of fused-ring (bicyclic) bond motifs is 4. The van der Waals surface area contributed by atoms with Crippen LogP contribution in [0, 0.1) is 13.8 Å². The number of hydrogen-bond donors (Lipinski definition) is 2. The Labute approximate surface area is 244 Å². The number of methoxy groups -OCH3 is 1. The number of carbonyl (C=O) groups is 3. The average Bonchev–Trinajstić information content (AvgIpc) is 2.98. The number of aromatic amines is 1. The summed E-state index contributed by atoms with van der Waals surface area (Å²) in [5.74, 6) is -5.30. The summed E-state index contributed by atoms with van der Waals surface area (Å²) in [7, 11) is 1.10. The number of nitrogens with zero attached hydrogens (tertiary/aromatic N) is 1. The van der Waals surface area contributed by atoms with Crippen molar-refractivity contribution in [2.45, 2.75) is 33.6 Å². The zero-order chi connectivity index (χ0) is 31.0. The Hall–Kier alpha value is -5.39. The lowest BCUT2D eigenvalue weighted by atomic mass is 9.87. The lowest BCUT2D eigenvalue weighted by molar-refractivity contribution is -0.147. The van der Waals surface area contributed by atoms with Crippen LogP contribution in [0.15, 0.2) is 63.5 Å². The summed E-state index contributed by atoms with van der Waals surface area (Å²) in [4.78, 5) is 71.1. The number of anilines is 1. The number of pyridine rings is 1. The molecule has 0 fully saturated rings. The predicted molar refractivity (Wildman–Crippen MR) is 156 cm³/mol. The van der Waals surface area contributed by atoms with E-state index in [-0.39, 0.29) is 41.3 Å². The SMILES string of the molecule is CCOC(=O)C1=C(Nc2c(C)cccc2C)Oc2c(c(=O)n3c(c2C(=O)OC)c(=O)[nH]c2ccccc23)C1C(=O)OCC. The maximum absolute atomic E-state index is 14.4. The molecule has 0 radical (unpaired) electrons. The molecule has 1 unspecified atom stereocenters. The van der Waals surface area contributed by atoms with Crippen molar-refractivity contribution < 1.29 is 33.3 Å². The van der Waals surface area contributed by atoms with E-state index in [1.54, 1.807) is 38.1 Å². The molecule has 1 aliphatic heterocycles. The van der Waals surface area contributed by atoms with Crippen LogP contribution in [-0.4, -0.2) is 47.6 Å². The molecule has 0 bridgehead atoms. The van der Waals surface area contributed by atoms with E-state index < -0.39 is 46.3 Å². The fourth-order valence-electron chi connectivity index (χ4n) is 5.26. The van der Waals surface area contributed by atoms with Crippen molar-refractivity contribution in [3.63, 3.8) is 0 Å². The number of H-pyrrole nitrogens is 1. The molecule has 12 nitrogen and oxygen atoms in total. The van der Waals surface area contributed by atoms with Gasteiger partial charge in [0.2, 0.25) is 5.88 Å². The molecule has 0 amide bonds. The van der Waals surface area contributed by atoms with Crippen LogP contribution in [0.1, 0.15) is 46.8 Å². The van der Waals surface area contributed by atoms with E-state index in [0.717, 1.165) is 22.6 Å². The van der Waals surface area contributed by atoms with Gasteiger partial charge in [-0.2, -0.15) is 0 Å². The van der Waals surface area contributed by atoms with Crippen LogP contribution in [0.2, 0.25) is 0 Å². The molecule has 1 atom stereocenters. The Kier molecular flexibility index (Phi) is 7.77. The van der Waals surface area contributed by atoms with Gasteiger partial charge in [0.1, 0.15) is 22.6 Å². The van der Waals surface area contributed by atoms with E-state index >= 15 is 0 Å². The van der Waals surface area contributed by atoms with Crippen molar-refractivity contribution in [3.8, 4) is 5.75 Å². The number of hydrogen-bond acceptors (Lipinski definition) is 10. The number of esters is 3. The van der Waals surface area contributed by atoms with Gasteiger partial charge in [-0.15, -0.1) is 0 Å². The highest BCUT2D eigenvalue weighted by Gasteiger charge is 2.46. The quantitative estimate of drug-likeness (QED) is 0.187. The van der Waals surface area contributed by atoms with Crippen LogP contribution in [0.4, 0.5) is 5.69 Å². The van der Waals surface area contributed by atoms with Gasteiger partial charge in [0.15, 0.2) is 5.75 Å². The van der Waals surface area contributed by atoms with Crippen molar-refractivity contribution in [1.29, 1.82) is 0 Å². The van der Waals surface area contributed by atoms with Crippen LogP contribution in [0.25, 0.3) is 16.6 Å². The highest BCUT2D eigenvalue weighted by molar-refractivity contribution is 6.05. The topological polar surface area (TPSA) is 154 Å². The summed E-state index contributed by atoms with van der Waals surface area (Å²) in [6, 6.07) is 11.9. The fourth-order valence-corrected chi connectivity index (χ4v) is 5.26. The van der Waals surface area contributed by atoms with Gasteiger partial charge in [-0.05, 0) is 51.0 Å². The third-order valence-electron chi connectivity index (χ3n) is 7.13. The normalized spacial score (nSPS) is 14.2. The molecule has 2 aromatic heterocycles. The molecule has 2 aromatic carbocycles. The maximum Gasteiger partial charge on any atom is 0.344 e. The Morgan fingerprint density at radius 2 is 1.63 bits per heavy atom. The predicted octanol–water partition coefficient (Wildman–Crippen LogP) is 3.47. The molecule has 12 heteroatoms. The number of aromatic nitrogens is 2. The first-order valence-electron chi connectivity index (χ1n) is 13.5. The van der Waals surface area contributed by atoms with Gasteiger partial charge < -0.3 is 29.2 Å². The van der Waals surface area contributed by atoms with Crippen molar-refractivity contribution in [1.82, 2.24) is 9.38 Å². The standard InChI is InChI=1S/C31H29N3O9/c1-6-41-30(38)19-20-25(43-27(21(19)31(39)42-7-2)33-23-15(3)11-10-12-16(23)4)22(29(37)40-5)24-26(35)32-17-13-8-9-14-18(17)34(24)28(20)36/h8-14,19,33H,6-7H2,1-5H3,(H,32,35). The number of carbonyl (C=O) groups excluding carboxylic acids is 3. The molecule has 222 valence electrons. The van der Waals surface area contributed by atoms with E-state index in [9.17, 15) is 24.0 Å². The second-order valence-electron chi connectivity index (χ2n) is 9.71. The number of para-hydroxylation sites is 3. The second kappa shape index (κ2) is 11.5. The smallest absolute Gasteiger partial charge is 0.344 e. The van der Waals surface area contributed by atoms with Gasteiger partial charge in [0.25, 0.3) is 11.1 Å². The second-order valence-corrected chi connectivity index (χ2v) is 9.71. The molecule has 0 aliphatic carbocycles. The van der Waals surface area contributed by atoms with Gasteiger partial charge in [-0.3, -0.25) is 18.8 Å². The lowest BCUT2D eigenvalue weighted by Crippen LogP contribution is -2.39. The van der Waals surface area contributed by atoms with E-state index in [1.807, 2.05) is 32.0 Å². The summed E-state index contributed by atoms with van der Waals surface area (Å²) in [6.07, 6.45) is 0. The zero-order valence-electron chi connectivity index (χ0n) is 24.2. The molecule has 0 saturated heterocycles. The Morgan fingerprint density at radius 1 is 0.953 bits per heavy atom. The Balaban J connectivity index is 1.97. The molecule has 1 aliphatic rings. The Morgan fingerprint density at radius 3 is 2.28 bits per heavy atom. The number of benzene rings is 2. The first-order valence-corrected chi connectivity index (χ1v) is 13.5. The highest BCUT2D eigenvalue weighted by atomic mass is 16.5. The molecular formula is C31H29N3O9. The molecule has 2 N–H and O–H groups in total. The summed E-state index contributed by atoms with van der Waals surface area (Å²) >= 11 is 0. The summed E-state index contributed by atoms with van der Waals surface area (Å²) < 4.78 is 22.9. The fraction of sp³-hybridized carbons (Fsp3) is 0.258. The van der Waals surface area contributed by atoms with Crippen LogP contribution in [0.3, 0.4) is 0 Å². The van der Waals surface area contributed by atoms with Crippen LogP contribution in [-0.2, 0) is 23.8 Å². The van der Waals surface area contributed by atoms with Crippen molar-refractivity contribution in [3.05, 3.63) is 96.9 Å². The zero-order valence-corrected chi connectivity index (χ0v) is 24.2. The van der Waals surface area contributed by atoms with E-state index in [0.29, 0.717) is 11.2 Å². The molecule has 4 aromatic rings. The van der Waals surface area contributed by atoms with Crippen molar-refractivity contribution in [2.75, 3.05) is 25.6 Å². The maximum atomic E-state index is 14.4. The van der Waals surface area contributed by atoms with Crippen molar-refractivity contribution >= 4 is 40.1 Å². The van der Waals surface area contributed by atoms with Gasteiger partial charge in [-0.1, -0.05) is 30.3 Å². The minimum absolute atomic E-state index is 0.0501.